The van der Waals surface area contributed by atoms with Crippen molar-refractivity contribution in [3.05, 3.63) is 52.6 Å². The normalized spacial score (nSPS) is 14.5. The van der Waals surface area contributed by atoms with Crippen LogP contribution in [0.1, 0.15) is 22.3 Å². The summed E-state index contributed by atoms with van der Waals surface area (Å²) >= 11 is 0. The fraction of sp³-hybridized carbons (Fsp3) is 0.316. The van der Waals surface area contributed by atoms with Gasteiger partial charge in [0.2, 0.25) is 0 Å². The number of benzene rings is 2. The number of rotatable bonds is 4. The van der Waals surface area contributed by atoms with Crippen LogP contribution in [0.3, 0.4) is 0 Å². The van der Waals surface area contributed by atoms with Crippen LogP contribution in [0.5, 0.6) is 0 Å². The van der Waals surface area contributed by atoms with E-state index in [0.29, 0.717) is 29.4 Å². The lowest BCUT2D eigenvalue weighted by atomic mass is 10.0. The molecule has 1 saturated heterocycles. The largest absolute Gasteiger partial charge is 0.447 e. The van der Waals surface area contributed by atoms with E-state index in [9.17, 15) is 13.2 Å². The standard InChI is InChI=1S/C19H22N2O4S/c1-12-10-13(2)15(4)18(14(12)3)26(23,24)20-16-6-5-7-17(11-16)21-8-9-25-19(21)22/h5-7,10-11,20H,8-9H2,1-4H3. The molecule has 2 aromatic carbocycles. The highest BCUT2D eigenvalue weighted by Crippen LogP contribution is 2.29. The van der Waals surface area contributed by atoms with E-state index in [2.05, 4.69) is 4.72 Å². The van der Waals surface area contributed by atoms with Crippen LogP contribution in [0.15, 0.2) is 35.2 Å². The summed E-state index contributed by atoms with van der Waals surface area (Å²) < 4.78 is 33.6. The van der Waals surface area contributed by atoms with Gasteiger partial charge in [-0.2, -0.15) is 0 Å². The average molecular weight is 374 g/mol. The lowest BCUT2D eigenvalue weighted by Crippen LogP contribution is -2.23. The van der Waals surface area contributed by atoms with Crippen molar-refractivity contribution in [2.45, 2.75) is 32.6 Å². The Morgan fingerprint density at radius 2 is 1.69 bits per heavy atom. The van der Waals surface area contributed by atoms with Gasteiger partial charge in [-0.3, -0.25) is 9.62 Å². The Morgan fingerprint density at radius 1 is 1.04 bits per heavy atom. The van der Waals surface area contributed by atoms with Crippen LogP contribution in [0.25, 0.3) is 0 Å². The second-order valence-electron chi connectivity index (χ2n) is 6.51. The molecular weight excluding hydrogens is 352 g/mol. The molecule has 0 aliphatic carbocycles. The van der Waals surface area contributed by atoms with Gasteiger partial charge in [-0.05, 0) is 68.1 Å². The number of nitrogens with zero attached hydrogens (tertiary/aromatic N) is 1. The Labute approximate surface area is 153 Å². The number of carbonyl (C=O) groups excluding carboxylic acids is 1. The monoisotopic (exact) mass is 374 g/mol. The molecule has 1 aliphatic heterocycles. The Balaban J connectivity index is 1.98. The highest BCUT2D eigenvalue weighted by atomic mass is 32.2. The van der Waals surface area contributed by atoms with Gasteiger partial charge in [0.05, 0.1) is 17.1 Å². The molecule has 1 fully saturated rings. The van der Waals surface area contributed by atoms with Crippen molar-refractivity contribution < 1.29 is 17.9 Å². The molecule has 0 bridgehead atoms. The van der Waals surface area contributed by atoms with Gasteiger partial charge in [0.15, 0.2) is 0 Å². The maximum Gasteiger partial charge on any atom is 0.414 e. The van der Waals surface area contributed by atoms with Gasteiger partial charge in [-0.25, -0.2) is 13.2 Å². The van der Waals surface area contributed by atoms with Gasteiger partial charge in [0, 0.05) is 5.69 Å². The zero-order valence-corrected chi connectivity index (χ0v) is 16.1. The Morgan fingerprint density at radius 3 is 2.27 bits per heavy atom. The molecule has 0 spiro atoms. The van der Waals surface area contributed by atoms with Crippen molar-refractivity contribution in [2.24, 2.45) is 0 Å². The maximum atomic E-state index is 13.0. The Hall–Kier alpha value is -2.54. The van der Waals surface area contributed by atoms with Crippen molar-refractivity contribution in [1.29, 1.82) is 0 Å². The first-order chi connectivity index (χ1) is 12.2. The van der Waals surface area contributed by atoms with Gasteiger partial charge in [0.1, 0.15) is 6.61 Å². The molecule has 6 nitrogen and oxygen atoms in total. The van der Waals surface area contributed by atoms with Gasteiger partial charge in [0.25, 0.3) is 10.0 Å². The van der Waals surface area contributed by atoms with E-state index < -0.39 is 16.1 Å². The molecule has 0 aromatic heterocycles. The molecule has 1 aliphatic rings. The van der Waals surface area contributed by atoms with Gasteiger partial charge >= 0.3 is 6.09 Å². The van der Waals surface area contributed by atoms with Crippen molar-refractivity contribution >= 4 is 27.5 Å². The number of carbonyl (C=O) groups is 1. The van der Waals surface area contributed by atoms with E-state index in [4.69, 9.17) is 4.74 Å². The molecule has 0 radical (unpaired) electrons. The molecule has 1 heterocycles. The first-order valence-corrected chi connectivity index (χ1v) is 9.83. The third-order valence-corrected chi connectivity index (χ3v) is 6.39. The van der Waals surface area contributed by atoms with Crippen molar-refractivity contribution in [3.8, 4) is 0 Å². The number of amides is 1. The second-order valence-corrected chi connectivity index (χ2v) is 8.13. The lowest BCUT2D eigenvalue weighted by Gasteiger charge is -2.18. The van der Waals surface area contributed by atoms with E-state index in [1.54, 1.807) is 24.3 Å². The summed E-state index contributed by atoms with van der Waals surface area (Å²) in [5, 5.41) is 0. The molecule has 1 N–H and O–H groups in total. The lowest BCUT2D eigenvalue weighted by molar-refractivity contribution is 0.181. The second kappa shape index (κ2) is 6.64. The number of aryl methyl sites for hydroxylation is 2. The molecule has 0 atom stereocenters. The van der Waals surface area contributed by atoms with Crippen LogP contribution in [0, 0.1) is 27.7 Å². The fourth-order valence-corrected chi connectivity index (χ4v) is 4.82. The van der Waals surface area contributed by atoms with E-state index in [1.807, 2.05) is 33.8 Å². The van der Waals surface area contributed by atoms with Crippen LogP contribution < -0.4 is 9.62 Å². The predicted octanol–water partition coefficient (Wildman–Crippen LogP) is 3.68. The number of nitrogens with one attached hydrogen (secondary N) is 1. The number of anilines is 2. The summed E-state index contributed by atoms with van der Waals surface area (Å²) in [4.78, 5) is 13.5. The summed E-state index contributed by atoms with van der Waals surface area (Å²) in [6.07, 6.45) is -0.425. The van der Waals surface area contributed by atoms with Crippen LogP contribution in [-0.2, 0) is 14.8 Å². The Bertz CT molecular complexity index is 957. The minimum absolute atomic E-state index is 0.306. The minimum Gasteiger partial charge on any atom is -0.447 e. The summed E-state index contributed by atoms with van der Waals surface area (Å²) in [7, 11) is -3.76. The van der Waals surface area contributed by atoms with Gasteiger partial charge < -0.3 is 4.74 Å². The SMILES string of the molecule is Cc1cc(C)c(C)c(S(=O)(=O)Nc2cccc(N3CCOC3=O)c2)c1C. The summed E-state index contributed by atoms with van der Waals surface area (Å²) in [5.41, 5.74) is 4.34. The molecular formula is C19H22N2O4S. The Kier molecular flexibility index (Phi) is 4.66. The van der Waals surface area contributed by atoms with Crippen molar-refractivity contribution in [3.63, 3.8) is 0 Å². The third kappa shape index (κ3) is 3.26. The quantitative estimate of drug-likeness (QED) is 0.886. The third-order valence-electron chi connectivity index (χ3n) is 4.74. The maximum absolute atomic E-state index is 13.0. The molecule has 0 unspecified atom stereocenters. The zero-order chi connectivity index (χ0) is 19.1. The minimum atomic E-state index is -3.76. The average Bonchev–Trinajstić information content (AvgIpc) is 2.99. The first kappa shape index (κ1) is 18.3. The van der Waals surface area contributed by atoms with E-state index in [1.165, 1.54) is 4.90 Å². The van der Waals surface area contributed by atoms with Gasteiger partial charge in [-0.15, -0.1) is 0 Å². The number of ether oxygens (including phenoxy) is 1. The molecule has 7 heteroatoms. The van der Waals surface area contributed by atoms with E-state index >= 15 is 0 Å². The summed E-state index contributed by atoms with van der Waals surface area (Å²) in [5.74, 6) is 0. The number of hydrogen-bond acceptors (Lipinski definition) is 4. The van der Waals surface area contributed by atoms with Crippen LogP contribution in [0.4, 0.5) is 16.2 Å². The van der Waals surface area contributed by atoms with E-state index in [0.717, 1.165) is 22.3 Å². The predicted molar refractivity (Wildman–Crippen MR) is 101 cm³/mol. The fourth-order valence-electron chi connectivity index (χ4n) is 3.16. The van der Waals surface area contributed by atoms with Crippen LogP contribution >= 0.6 is 0 Å². The number of cyclic esters (lactones) is 1. The molecule has 26 heavy (non-hydrogen) atoms. The number of sulfonamides is 1. The highest BCUT2D eigenvalue weighted by Gasteiger charge is 2.25. The van der Waals surface area contributed by atoms with Crippen molar-refractivity contribution in [1.82, 2.24) is 0 Å². The topological polar surface area (TPSA) is 75.7 Å². The van der Waals surface area contributed by atoms with E-state index in [-0.39, 0.29) is 0 Å². The molecule has 1 amide bonds. The zero-order valence-electron chi connectivity index (χ0n) is 15.3. The van der Waals surface area contributed by atoms with Crippen LogP contribution in [0.2, 0.25) is 0 Å². The smallest absolute Gasteiger partial charge is 0.414 e. The summed E-state index contributed by atoms with van der Waals surface area (Å²) in [6.45, 7) is 8.21. The number of hydrogen-bond donors (Lipinski definition) is 1. The molecule has 2 aromatic rings. The molecule has 0 saturated carbocycles. The summed E-state index contributed by atoms with van der Waals surface area (Å²) in [6, 6.07) is 8.74. The van der Waals surface area contributed by atoms with Gasteiger partial charge in [-0.1, -0.05) is 12.1 Å². The first-order valence-electron chi connectivity index (χ1n) is 8.35. The van der Waals surface area contributed by atoms with Crippen molar-refractivity contribution in [2.75, 3.05) is 22.8 Å². The van der Waals surface area contributed by atoms with Crippen LogP contribution in [-0.4, -0.2) is 27.7 Å². The molecule has 3 rings (SSSR count). The molecule has 138 valence electrons. The highest BCUT2D eigenvalue weighted by molar-refractivity contribution is 7.92.